The Morgan fingerprint density at radius 1 is 1.00 bits per heavy atom. The molecule has 3 atom stereocenters. The molecule has 0 radical (unpaired) electrons. The normalized spacial score (nSPS) is 20.0. The van der Waals surface area contributed by atoms with E-state index in [1.165, 1.54) is 0 Å². The van der Waals surface area contributed by atoms with Crippen LogP contribution in [-0.2, 0) is 14.3 Å². The third-order valence-corrected chi connectivity index (χ3v) is 7.08. The lowest BCUT2D eigenvalue weighted by Gasteiger charge is -2.31. The van der Waals surface area contributed by atoms with Gasteiger partial charge in [0.05, 0.1) is 0 Å². The summed E-state index contributed by atoms with van der Waals surface area (Å²) >= 11 is 0. The molecule has 0 aromatic heterocycles. The van der Waals surface area contributed by atoms with Gasteiger partial charge in [-0.1, -0.05) is 69.3 Å². The molecule has 3 N–H and O–H groups in total. The van der Waals surface area contributed by atoms with Gasteiger partial charge in [0.25, 0.3) is 0 Å². The molecule has 2 unspecified atom stereocenters. The number of hydrogen-bond acceptors (Lipinski definition) is 4. The molecule has 1 saturated carbocycles. The fraction of sp³-hybridized carbons (Fsp3) is 0.464. The number of rotatable bonds is 7. The van der Waals surface area contributed by atoms with E-state index < -0.39 is 23.5 Å². The van der Waals surface area contributed by atoms with Crippen molar-refractivity contribution in [1.82, 2.24) is 10.6 Å². The summed E-state index contributed by atoms with van der Waals surface area (Å²) in [6.07, 6.45) is 1.65. The number of carboxylic acids is 1. The van der Waals surface area contributed by atoms with Crippen molar-refractivity contribution in [2.45, 2.75) is 64.5 Å². The van der Waals surface area contributed by atoms with Crippen LogP contribution in [0.4, 0.5) is 4.79 Å². The van der Waals surface area contributed by atoms with Crippen LogP contribution in [0.2, 0.25) is 0 Å². The second-order valence-corrected chi connectivity index (χ2v) is 10.8. The molecule has 186 valence electrons. The number of hydrogen-bond donors (Lipinski definition) is 3. The molecule has 7 nitrogen and oxygen atoms in total. The van der Waals surface area contributed by atoms with Gasteiger partial charge in [0.2, 0.25) is 5.91 Å². The van der Waals surface area contributed by atoms with E-state index in [1.54, 1.807) is 0 Å². The molecule has 2 aliphatic carbocycles. The van der Waals surface area contributed by atoms with Crippen molar-refractivity contribution in [3.8, 4) is 11.1 Å². The molecule has 35 heavy (non-hydrogen) atoms. The van der Waals surface area contributed by atoms with Gasteiger partial charge in [0, 0.05) is 18.4 Å². The molecule has 0 saturated heterocycles. The maximum Gasteiger partial charge on any atom is 0.407 e. The molecular weight excluding hydrogens is 444 g/mol. The topological polar surface area (TPSA) is 105 Å². The summed E-state index contributed by atoms with van der Waals surface area (Å²) in [5.41, 5.74) is 4.03. The first kappa shape index (κ1) is 24.8. The largest absolute Gasteiger partial charge is 0.481 e. The SMILES string of the molecule is CC(C)(C)[C@H](NC(=O)OCC1c2ccccc2-c2ccccc21)C(=O)NC1CCC(CC(=O)O)C1. The number of fused-ring (bicyclic) bond motifs is 3. The summed E-state index contributed by atoms with van der Waals surface area (Å²) in [5, 5.41) is 14.8. The highest BCUT2D eigenvalue weighted by Crippen LogP contribution is 2.44. The van der Waals surface area contributed by atoms with Crippen molar-refractivity contribution in [3.63, 3.8) is 0 Å². The number of amides is 2. The van der Waals surface area contributed by atoms with Crippen LogP contribution in [0, 0.1) is 11.3 Å². The number of carboxylic acid groups (broad SMARTS) is 1. The van der Waals surface area contributed by atoms with Crippen LogP contribution in [-0.4, -0.2) is 41.8 Å². The first-order chi connectivity index (χ1) is 16.6. The second kappa shape index (κ2) is 10.1. The van der Waals surface area contributed by atoms with Crippen molar-refractivity contribution >= 4 is 18.0 Å². The number of carbonyl (C=O) groups is 3. The van der Waals surface area contributed by atoms with Crippen LogP contribution in [0.3, 0.4) is 0 Å². The van der Waals surface area contributed by atoms with Gasteiger partial charge >= 0.3 is 12.1 Å². The second-order valence-electron chi connectivity index (χ2n) is 10.8. The van der Waals surface area contributed by atoms with E-state index >= 15 is 0 Å². The summed E-state index contributed by atoms with van der Waals surface area (Å²) in [7, 11) is 0. The van der Waals surface area contributed by atoms with E-state index in [1.807, 2.05) is 45.0 Å². The van der Waals surface area contributed by atoms with E-state index in [2.05, 4.69) is 34.9 Å². The van der Waals surface area contributed by atoms with Gasteiger partial charge in [0.1, 0.15) is 12.6 Å². The smallest absolute Gasteiger partial charge is 0.407 e. The third kappa shape index (κ3) is 5.66. The molecule has 4 rings (SSSR count). The summed E-state index contributed by atoms with van der Waals surface area (Å²) in [5.74, 6) is -1.07. The number of aliphatic carboxylic acids is 1. The average Bonchev–Trinajstić information content (AvgIpc) is 3.36. The molecule has 2 aromatic carbocycles. The van der Waals surface area contributed by atoms with Crippen LogP contribution in [0.1, 0.15) is 63.5 Å². The summed E-state index contributed by atoms with van der Waals surface area (Å²) in [6.45, 7) is 5.85. The minimum absolute atomic E-state index is 0.0558. The molecule has 0 aliphatic heterocycles. The van der Waals surface area contributed by atoms with Crippen LogP contribution in [0.25, 0.3) is 11.1 Å². The first-order valence-corrected chi connectivity index (χ1v) is 12.3. The molecule has 1 fully saturated rings. The lowest BCUT2D eigenvalue weighted by molar-refractivity contribution is -0.138. The number of ether oxygens (including phenoxy) is 1. The predicted octanol–water partition coefficient (Wildman–Crippen LogP) is 4.70. The van der Waals surface area contributed by atoms with Crippen molar-refractivity contribution in [3.05, 3.63) is 59.7 Å². The van der Waals surface area contributed by atoms with E-state index in [0.29, 0.717) is 6.42 Å². The number of carbonyl (C=O) groups excluding carboxylic acids is 2. The molecule has 0 bridgehead atoms. The summed E-state index contributed by atoms with van der Waals surface area (Å²) in [4.78, 5) is 36.9. The number of benzene rings is 2. The first-order valence-electron chi connectivity index (χ1n) is 12.3. The van der Waals surface area contributed by atoms with Gasteiger partial charge in [0.15, 0.2) is 0 Å². The van der Waals surface area contributed by atoms with Crippen molar-refractivity contribution in [2.24, 2.45) is 11.3 Å². The van der Waals surface area contributed by atoms with Gasteiger partial charge in [-0.15, -0.1) is 0 Å². The zero-order chi connectivity index (χ0) is 25.2. The van der Waals surface area contributed by atoms with Crippen LogP contribution in [0.15, 0.2) is 48.5 Å². The Kier molecular flexibility index (Phi) is 7.15. The van der Waals surface area contributed by atoms with Crippen molar-refractivity contribution in [1.29, 1.82) is 0 Å². The standard InChI is InChI=1S/C28H34N2O5/c1-28(2,3)25(26(33)29-18-13-12-17(14-18)15-24(31)32)30-27(34)35-16-23-21-10-6-4-8-19(21)20-9-5-7-11-22(20)23/h4-11,17-18,23,25H,12-16H2,1-3H3,(H,29,33)(H,30,34)(H,31,32)/t17?,18?,25-/m1/s1. The lowest BCUT2D eigenvalue weighted by atomic mass is 9.86. The molecule has 7 heteroatoms. The Hall–Kier alpha value is -3.35. The zero-order valence-corrected chi connectivity index (χ0v) is 20.5. The van der Waals surface area contributed by atoms with Gasteiger partial charge in [-0.3, -0.25) is 9.59 Å². The minimum atomic E-state index is -0.813. The Labute approximate surface area is 206 Å². The quantitative estimate of drug-likeness (QED) is 0.535. The van der Waals surface area contributed by atoms with E-state index in [0.717, 1.165) is 35.1 Å². The Balaban J connectivity index is 1.37. The van der Waals surface area contributed by atoms with Crippen LogP contribution < -0.4 is 10.6 Å². The lowest BCUT2D eigenvalue weighted by Crippen LogP contribution is -2.55. The summed E-state index contributed by atoms with van der Waals surface area (Å²) < 4.78 is 5.65. The molecule has 0 spiro atoms. The van der Waals surface area contributed by atoms with Gasteiger partial charge < -0.3 is 20.5 Å². The Morgan fingerprint density at radius 3 is 2.17 bits per heavy atom. The van der Waals surface area contributed by atoms with Crippen molar-refractivity contribution in [2.75, 3.05) is 6.61 Å². The van der Waals surface area contributed by atoms with Crippen molar-refractivity contribution < 1.29 is 24.2 Å². The van der Waals surface area contributed by atoms with Crippen LogP contribution in [0.5, 0.6) is 0 Å². The van der Waals surface area contributed by atoms with Gasteiger partial charge in [-0.05, 0) is 52.8 Å². The monoisotopic (exact) mass is 478 g/mol. The third-order valence-electron chi connectivity index (χ3n) is 7.08. The summed E-state index contributed by atoms with van der Waals surface area (Å²) in [6, 6.07) is 15.4. The highest BCUT2D eigenvalue weighted by molar-refractivity contribution is 5.86. The molecular formula is C28H34N2O5. The van der Waals surface area contributed by atoms with E-state index in [-0.39, 0.29) is 36.8 Å². The maximum atomic E-state index is 13.1. The highest BCUT2D eigenvalue weighted by Gasteiger charge is 2.36. The molecule has 2 aliphatic rings. The van der Waals surface area contributed by atoms with E-state index in [9.17, 15) is 14.4 Å². The van der Waals surface area contributed by atoms with Gasteiger partial charge in [-0.25, -0.2) is 4.79 Å². The number of alkyl carbamates (subject to hydrolysis) is 1. The maximum absolute atomic E-state index is 13.1. The van der Waals surface area contributed by atoms with Crippen LogP contribution >= 0.6 is 0 Å². The predicted molar refractivity (Wildman–Crippen MR) is 133 cm³/mol. The molecule has 2 aromatic rings. The average molecular weight is 479 g/mol. The molecule has 0 heterocycles. The zero-order valence-electron chi connectivity index (χ0n) is 20.5. The number of nitrogens with one attached hydrogen (secondary N) is 2. The Bertz CT molecular complexity index is 1060. The molecule has 2 amide bonds. The Morgan fingerprint density at radius 2 is 1.60 bits per heavy atom. The fourth-order valence-corrected chi connectivity index (χ4v) is 5.36. The fourth-order valence-electron chi connectivity index (χ4n) is 5.36. The highest BCUT2D eigenvalue weighted by atomic mass is 16.5. The minimum Gasteiger partial charge on any atom is -0.481 e. The van der Waals surface area contributed by atoms with Gasteiger partial charge in [-0.2, -0.15) is 0 Å². The van der Waals surface area contributed by atoms with E-state index in [4.69, 9.17) is 9.84 Å².